The maximum Gasteiger partial charge on any atom is 0.322 e. The van der Waals surface area contributed by atoms with Crippen LogP contribution in [0.2, 0.25) is 0 Å². The molecule has 0 bridgehead atoms. The number of hydrogen-bond acceptors (Lipinski definition) is 6. The van der Waals surface area contributed by atoms with E-state index in [1.165, 1.54) is 11.3 Å². The van der Waals surface area contributed by atoms with Crippen molar-refractivity contribution in [2.75, 3.05) is 19.5 Å². The summed E-state index contributed by atoms with van der Waals surface area (Å²) in [6.07, 6.45) is 0. The summed E-state index contributed by atoms with van der Waals surface area (Å²) in [4.78, 5) is 11.6. The van der Waals surface area contributed by atoms with E-state index in [0.29, 0.717) is 5.56 Å². The summed E-state index contributed by atoms with van der Waals surface area (Å²) in [6, 6.07) is 1.73. The van der Waals surface area contributed by atoms with Gasteiger partial charge in [0.1, 0.15) is 6.61 Å². The molecular formula is C11H13NO5S2. The van der Waals surface area contributed by atoms with Crippen LogP contribution >= 0.6 is 11.3 Å². The Morgan fingerprint density at radius 1 is 1.58 bits per heavy atom. The van der Waals surface area contributed by atoms with Gasteiger partial charge >= 0.3 is 5.97 Å². The van der Waals surface area contributed by atoms with E-state index in [0.717, 1.165) is 12.0 Å². The van der Waals surface area contributed by atoms with E-state index in [9.17, 15) is 13.2 Å². The maximum atomic E-state index is 11.5. The van der Waals surface area contributed by atoms with Crippen molar-refractivity contribution in [3.8, 4) is 11.8 Å². The number of esters is 1. The lowest BCUT2D eigenvalue weighted by atomic mass is 10.2. The van der Waals surface area contributed by atoms with Crippen LogP contribution in [-0.4, -0.2) is 39.0 Å². The third kappa shape index (κ3) is 5.40. The van der Waals surface area contributed by atoms with Gasteiger partial charge in [-0.2, -0.15) is 0 Å². The molecule has 1 aromatic heterocycles. The van der Waals surface area contributed by atoms with Crippen molar-refractivity contribution in [2.24, 2.45) is 0 Å². The van der Waals surface area contributed by atoms with E-state index in [4.69, 9.17) is 5.11 Å². The standard InChI is InChI=1S/C11H13NO5S2/c1-17-11(14)8-19(15,16)12-7-10-9(3-2-5-13)4-6-18-10/h4,6,12-13H,5,7-8H2,1H3. The Labute approximate surface area is 115 Å². The second kappa shape index (κ2) is 7.25. The van der Waals surface area contributed by atoms with Gasteiger partial charge in [-0.05, 0) is 11.4 Å². The highest BCUT2D eigenvalue weighted by molar-refractivity contribution is 7.90. The first-order valence-electron chi connectivity index (χ1n) is 5.18. The normalized spacial score (nSPS) is 10.6. The fourth-order valence-corrected chi connectivity index (χ4v) is 2.92. The summed E-state index contributed by atoms with van der Waals surface area (Å²) < 4.78 is 29.7. The molecule has 6 nitrogen and oxygen atoms in total. The van der Waals surface area contributed by atoms with Crippen LogP contribution in [-0.2, 0) is 26.1 Å². The molecular weight excluding hydrogens is 290 g/mol. The molecule has 0 fully saturated rings. The molecule has 0 unspecified atom stereocenters. The quantitative estimate of drug-likeness (QED) is 0.575. The van der Waals surface area contributed by atoms with Gasteiger partial charge in [-0.3, -0.25) is 4.79 Å². The molecule has 1 rings (SSSR count). The number of rotatable bonds is 5. The van der Waals surface area contributed by atoms with Gasteiger partial charge in [-0.15, -0.1) is 11.3 Å². The van der Waals surface area contributed by atoms with E-state index in [2.05, 4.69) is 21.3 Å². The number of hydrogen-bond donors (Lipinski definition) is 2. The molecule has 19 heavy (non-hydrogen) atoms. The summed E-state index contributed by atoms with van der Waals surface area (Å²) in [7, 11) is -2.60. The number of methoxy groups -OCH3 is 1. The first-order chi connectivity index (χ1) is 8.98. The minimum Gasteiger partial charge on any atom is -0.468 e. The summed E-state index contributed by atoms with van der Waals surface area (Å²) in [5.41, 5.74) is 0.653. The molecule has 0 amide bonds. The van der Waals surface area contributed by atoms with Crippen LogP contribution in [0, 0.1) is 11.8 Å². The van der Waals surface area contributed by atoms with Gasteiger partial charge in [-0.1, -0.05) is 11.8 Å². The Kier molecular flexibility index (Phi) is 5.98. The zero-order valence-corrected chi connectivity index (χ0v) is 11.8. The first kappa shape index (κ1) is 15.7. The Bertz CT molecular complexity index is 594. The van der Waals surface area contributed by atoms with E-state index in [1.54, 1.807) is 11.4 Å². The van der Waals surface area contributed by atoms with Gasteiger partial charge < -0.3 is 9.84 Å². The fourth-order valence-electron chi connectivity index (χ4n) is 1.16. The lowest BCUT2D eigenvalue weighted by molar-refractivity contribution is -0.137. The van der Waals surface area contributed by atoms with Crippen molar-refractivity contribution in [1.82, 2.24) is 4.72 Å². The van der Waals surface area contributed by atoms with E-state index >= 15 is 0 Å². The van der Waals surface area contributed by atoms with Gasteiger partial charge in [0.2, 0.25) is 10.0 Å². The average molecular weight is 303 g/mol. The molecule has 0 spiro atoms. The predicted molar refractivity (Wildman–Crippen MR) is 70.9 cm³/mol. The number of carbonyl (C=O) groups is 1. The van der Waals surface area contributed by atoms with E-state index in [1.807, 2.05) is 0 Å². The SMILES string of the molecule is COC(=O)CS(=O)(=O)NCc1sccc1C#CCO. The van der Waals surface area contributed by atoms with Crippen molar-refractivity contribution >= 4 is 27.3 Å². The van der Waals surface area contributed by atoms with Crippen LogP contribution in [0.4, 0.5) is 0 Å². The van der Waals surface area contributed by atoms with Crippen LogP contribution < -0.4 is 4.72 Å². The van der Waals surface area contributed by atoms with Gasteiger partial charge in [0.25, 0.3) is 0 Å². The zero-order chi connectivity index (χ0) is 14.3. The topological polar surface area (TPSA) is 92.7 Å². The smallest absolute Gasteiger partial charge is 0.322 e. The molecule has 104 valence electrons. The molecule has 0 atom stereocenters. The molecule has 0 saturated heterocycles. The monoisotopic (exact) mass is 303 g/mol. The molecule has 8 heteroatoms. The minimum absolute atomic E-state index is 0.0481. The zero-order valence-electron chi connectivity index (χ0n) is 10.2. The highest BCUT2D eigenvalue weighted by atomic mass is 32.2. The molecule has 0 saturated carbocycles. The Balaban J connectivity index is 2.67. The van der Waals surface area contributed by atoms with E-state index in [-0.39, 0.29) is 13.2 Å². The molecule has 0 aliphatic heterocycles. The number of thiophene rings is 1. The van der Waals surface area contributed by atoms with Gasteiger partial charge in [0.15, 0.2) is 5.75 Å². The molecule has 0 aliphatic carbocycles. The largest absolute Gasteiger partial charge is 0.468 e. The van der Waals surface area contributed by atoms with E-state index < -0.39 is 21.7 Å². The minimum atomic E-state index is -3.72. The van der Waals surface area contributed by atoms with Crippen LogP contribution in [0.25, 0.3) is 0 Å². The fraction of sp³-hybridized carbons (Fsp3) is 0.364. The Hall–Kier alpha value is -1.40. The number of sulfonamides is 1. The lowest BCUT2D eigenvalue weighted by Gasteiger charge is -2.04. The number of nitrogens with one attached hydrogen (secondary N) is 1. The summed E-state index contributed by atoms with van der Waals surface area (Å²) in [5.74, 6) is 3.67. The predicted octanol–water partition coefficient (Wildman–Crippen LogP) is -0.316. The van der Waals surface area contributed by atoms with Crippen LogP contribution in [0.3, 0.4) is 0 Å². The Morgan fingerprint density at radius 2 is 2.32 bits per heavy atom. The molecule has 2 N–H and O–H groups in total. The van der Waals surface area contributed by atoms with Gasteiger partial charge in [0, 0.05) is 17.0 Å². The molecule has 0 radical (unpaired) electrons. The number of carbonyl (C=O) groups excluding carboxylic acids is 1. The highest BCUT2D eigenvalue weighted by Crippen LogP contribution is 2.15. The third-order valence-corrected chi connectivity index (χ3v) is 4.16. The van der Waals surface area contributed by atoms with Crippen LogP contribution in [0.15, 0.2) is 11.4 Å². The van der Waals surface area contributed by atoms with Crippen LogP contribution in [0.5, 0.6) is 0 Å². The first-order valence-corrected chi connectivity index (χ1v) is 7.72. The maximum absolute atomic E-state index is 11.5. The van der Waals surface area contributed by atoms with Crippen molar-refractivity contribution in [2.45, 2.75) is 6.54 Å². The van der Waals surface area contributed by atoms with Crippen LogP contribution in [0.1, 0.15) is 10.4 Å². The summed E-state index contributed by atoms with van der Waals surface area (Å²) >= 11 is 1.34. The second-order valence-corrected chi connectivity index (χ2v) is 6.18. The Morgan fingerprint density at radius 3 is 2.95 bits per heavy atom. The molecule has 1 aromatic rings. The van der Waals surface area contributed by atoms with Gasteiger partial charge in [-0.25, -0.2) is 13.1 Å². The lowest BCUT2D eigenvalue weighted by Crippen LogP contribution is -2.30. The number of aliphatic hydroxyl groups is 1. The van der Waals surface area contributed by atoms with Crippen molar-refractivity contribution in [3.63, 3.8) is 0 Å². The molecule has 0 aromatic carbocycles. The van der Waals surface area contributed by atoms with Crippen molar-refractivity contribution in [3.05, 3.63) is 21.9 Å². The number of aliphatic hydroxyl groups excluding tert-OH is 1. The molecule has 0 aliphatic rings. The summed E-state index contributed by atoms with van der Waals surface area (Å²) in [5, 5.41) is 10.4. The number of ether oxygens (including phenoxy) is 1. The van der Waals surface area contributed by atoms with Crippen molar-refractivity contribution < 1.29 is 23.1 Å². The average Bonchev–Trinajstić information content (AvgIpc) is 2.80. The summed E-state index contributed by atoms with van der Waals surface area (Å²) in [6.45, 7) is -0.213. The van der Waals surface area contributed by atoms with Crippen molar-refractivity contribution in [1.29, 1.82) is 0 Å². The highest BCUT2D eigenvalue weighted by Gasteiger charge is 2.17. The molecule has 1 heterocycles. The second-order valence-electron chi connectivity index (χ2n) is 3.37. The van der Waals surface area contributed by atoms with Gasteiger partial charge in [0.05, 0.1) is 7.11 Å². The third-order valence-electron chi connectivity index (χ3n) is 2.04.